The number of nitrogens with zero attached hydrogens (tertiary/aromatic N) is 1. The fourth-order valence-corrected chi connectivity index (χ4v) is 3.05. The monoisotopic (exact) mass is 347 g/mol. The molecule has 1 rings (SSSR count). The predicted molar refractivity (Wildman–Crippen MR) is 117 cm³/mol. The van der Waals surface area contributed by atoms with Crippen molar-refractivity contribution in [2.75, 3.05) is 18.5 Å². The molecule has 0 amide bonds. The molecule has 0 N–H and O–H groups in total. The lowest BCUT2D eigenvalue weighted by atomic mass is 9.86. The van der Waals surface area contributed by atoms with Gasteiger partial charge in [-0.15, -0.1) is 0 Å². The second kappa shape index (κ2) is 13.3. The second-order valence-corrected chi connectivity index (χ2v) is 8.55. The van der Waals surface area contributed by atoms with Gasteiger partial charge in [-0.2, -0.15) is 0 Å². The number of hydrogen-bond acceptors (Lipinski definition) is 1. The summed E-state index contributed by atoms with van der Waals surface area (Å²) in [6.07, 6.45) is 9.53. The topological polar surface area (TPSA) is 3.24 Å². The minimum Gasteiger partial charge on any atom is -0.375 e. The molecule has 0 radical (unpaired) electrons. The van der Waals surface area contributed by atoms with E-state index in [1.807, 2.05) is 0 Å². The molecule has 1 nitrogen and oxygen atoms in total. The van der Waals surface area contributed by atoms with E-state index in [0.717, 1.165) is 18.9 Å². The molecule has 1 aromatic carbocycles. The Morgan fingerprint density at radius 3 is 1.92 bits per heavy atom. The molecule has 0 spiro atoms. The number of benzene rings is 1. The molecule has 0 heterocycles. The van der Waals surface area contributed by atoms with Crippen molar-refractivity contribution in [1.82, 2.24) is 0 Å². The third-order valence-electron chi connectivity index (χ3n) is 5.07. The number of anilines is 1. The van der Waals surface area contributed by atoms with Gasteiger partial charge in [0.05, 0.1) is 0 Å². The summed E-state index contributed by atoms with van der Waals surface area (Å²) in [7, 11) is 2.11. The first-order valence-corrected chi connectivity index (χ1v) is 10.6. The zero-order valence-electron chi connectivity index (χ0n) is 18.5. The molecule has 0 bridgehead atoms. The molecule has 0 aliphatic rings. The van der Waals surface area contributed by atoms with Gasteiger partial charge >= 0.3 is 0 Å². The van der Waals surface area contributed by atoms with E-state index >= 15 is 0 Å². The lowest BCUT2D eigenvalue weighted by Crippen LogP contribution is -2.15. The summed E-state index contributed by atoms with van der Waals surface area (Å²) in [6.45, 7) is 17.1. The smallest absolute Gasteiger partial charge is 0.0363 e. The van der Waals surface area contributed by atoms with E-state index in [0.29, 0.717) is 5.41 Å². The van der Waals surface area contributed by atoms with Crippen molar-refractivity contribution in [3.8, 4) is 0 Å². The van der Waals surface area contributed by atoms with E-state index < -0.39 is 0 Å². The van der Waals surface area contributed by atoms with Crippen LogP contribution in [0.4, 0.5) is 5.69 Å². The summed E-state index contributed by atoms with van der Waals surface area (Å²) in [5.41, 5.74) is 3.24. The zero-order valence-corrected chi connectivity index (χ0v) is 18.5. The Hall–Kier alpha value is -0.980. The van der Waals surface area contributed by atoms with E-state index in [-0.39, 0.29) is 0 Å². The minimum absolute atomic E-state index is 0.532. The molecule has 0 aliphatic heterocycles. The molecular weight excluding hydrogens is 302 g/mol. The maximum Gasteiger partial charge on any atom is 0.0363 e. The highest BCUT2D eigenvalue weighted by molar-refractivity contribution is 5.46. The lowest BCUT2D eigenvalue weighted by molar-refractivity contribution is 0.327. The molecule has 1 atom stereocenters. The molecule has 0 aromatic heterocycles. The van der Waals surface area contributed by atoms with Crippen LogP contribution in [0.25, 0.3) is 0 Å². The van der Waals surface area contributed by atoms with Crippen molar-refractivity contribution in [2.24, 2.45) is 11.3 Å². The first-order valence-electron chi connectivity index (χ1n) is 10.6. The van der Waals surface area contributed by atoms with Crippen molar-refractivity contribution >= 4 is 5.69 Å². The minimum atomic E-state index is 0.532. The molecule has 0 saturated carbocycles. The molecule has 0 saturated heterocycles. The van der Waals surface area contributed by atoms with Gasteiger partial charge < -0.3 is 4.90 Å². The number of rotatable bonds is 9. The Morgan fingerprint density at radius 1 is 0.920 bits per heavy atom. The van der Waals surface area contributed by atoms with Gasteiger partial charge in [-0.1, -0.05) is 85.8 Å². The molecule has 25 heavy (non-hydrogen) atoms. The van der Waals surface area contributed by atoms with Crippen LogP contribution in [-0.4, -0.2) is 13.6 Å². The van der Waals surface area contributed by atoms with Gasteiger partial charge in [0.25, 0.3) is 0 Å². The van der Waals surface area contributed by atoms with Crippen molar-refractivity contribution in [2.45, 2.75) is 93.4 Å². The summed E-state index contributed by atoms with van der Waals surface area (Å²) in [5.74, 6) is 0.993. The van der Waals surface area contributed by atoms with Crippen molar-refractivity contribution < 1.29 is 0 Å². The van der Waals surface area contributed by atoms with Crippen LogP contribution in [0, 0.1) is 11.3 Å². The first kappa shape index (κ1) is 24.0. The maximum absolute atomic E-state index is 2.34. The predicted octanol–water partition coefficient (Wildman–Crippen LogP) is 7.73. The van der Waals surface area contributed by atoms with Gasteiger partial charge in [-0.05, 0) is 48.8 Å². The Labute approximate surface area is 159 Å². The van der Waals surface area contributed by atoms with Crippen LogP contribution in [0.15, 0.2) is 24.3 Å². The summed E-state index contributed by atoms with van der Waals surface area (Å²) in [6, 6.07) is 8.76. The van der Waals surface area contributed by atoms with Gasteiger partial charge in [0.2, 0.25) is 0 Å². The lowest BCUT2D eigenvalue weighted by Gasteiger charge is -2.20. The van der Waals surface area contributed by atoms with Crippen LogP contribution in [0.3, 0.4) is 0 Å². The van der Waals surface area contributed by atoms with Crippen LogP contribution < -0.4 is 4.90 Å². The van der Waals surface area contributed by atoms with E-state index in [1.54, 1.807) is 0 Å². The van der Waals surface area contributed by atoms with Crippen molar-refractivity contribution in [3.05, 3.63) is 29.8 Å². The van der Waals surface area contributed by atoms with Gasteiger partial charge in [0, 0.05) is 19.3 Å². The highest BCUT2D eigenvalue weighted by Crippen LogP contribution is 2.25. The van der Waals surface area contributed by atoms with Crippen LogP contribution in [-0.2, 0) is 6.42 Å². The third kappa shape index (κ3) is 12.1. The Bertz CT molecular complexity index is 413. The quantitative estimate of drug-likeness (QED) is 0.441. The van der Waals surface area contributed by atoms with Crippen LogP contribution in [0.2, 0.25) is 0 Å². The number of aryl methyl sites for hydroxylation is 1. The Kier molecular flexibility index (Phi) is 12.7. The highest BCUT2D eigenvalue weighted by Gasteiger charge is 2.11. The Balaban J connectivity index is 0.000000462. The standard InChI is InChI=1S/C13H28.C11H17N/c1-6-9-12(7-2)10-8-11-13(3,4)5;1-4-10-6-8-11(9-7-10)12(3)5-2/h12H,6-11H2,1-5H3;6-9H,4-5H2,1-3H3. The highest BCUT2D eigenvalue weighted by atomic mass is 15.1. The fraction of sp³-hybridized carbons (Fsp3) is 0.750. The van der Waals surface area contributed by atoms with Gasteiger partial charge in [0.15, 0.2) is 0 Å². The van der Waals surface area contributed by atoms with Crippen molar-refractivity contribution in [3.63, 3.8) is 0 Å². The van der Waals surface area contributed by atoms with Gasteiger partial charge in [-0.25, -0.2) is 0 Å². The third-order valence-corrected chi connectivity index (χ3v) is 5.07. The SMILES string of the molecule is CCCC(CC)CCCC(C)(C)C.CCc1ccc(N(C)CC)cc1. The van der Waals surface area contributed by atoms with Crippen LogP contribution >= 0.6 is 0 Å². The molecule has 0 aliphatic carbocycles. The molecule has 1 heteroatoms. The van der Waals surface area contributed by atoms with E-state index in [1.165, 1.54) is 49.8 Å². The maximum atomic E-state index is 2.34. The average molecular weight is 348 g/mol. The largest absolute Gasteiger partial charge is 0.375 e. The second-order valence-electron chi connectivity index (χ2n) is 8.55. The molecular formula is C24H45N. The Morgan fingerprint density at radius 2 is 1.52 bits per heavy atom. The summed E-state index contributed by atoms with van der Waals surface area (Å²) < 4.78 is 0. The average Bonchev–Trinajstić information content (AvgIpc) is 2.60. The fourth-order valence-electron chi connectivity index (χ4n) is 3.05. The normalized spacial score (nSPS) is 12.3. The van der Waals surface area contributed by atoms with Crippen LogP contribution in [0.5, 0.6) is 0 Å². The van der Waals surface area contributed by atoms with Crippen LogP contribution in [0.1, 0.15) is 92.6 Å². The van der Waals surface area contributed by atoms with Gasteiger partial charge in [0.1, 0.15) is 0 Å². The molecule has 0 fully saturated rings. The van der Waals surface area contributed by atoms with E-state index in [4.69, 9.17) is 0 Å². The molecule has 1 aromatic rings. The molecule has 1 unspecified atom stereocenters. The summed E-state index contributed by atoms with van der Waals surface area (Å²) >= 11 is 0. The first-order chi connectivity index (χ1) is 11.8. The van der Waals surface area contributed by atoms with Crippen molar-refractivity contribution in [1.29, 1.82) is 0 Å². The zero-order chi connectivity index (χ0) is 19.3. The van der Waals surface area contributed by atoms with Gasteiger partial charge in [-0.3, -0.25) is 0 Å². The number of hydrogen-bond donors (Lipinski definition) is 0. The summed E-state index contributed by atoms with van der Waals surface area (Å²) in [4.78, 5) is 2.24. The van der Waals surface area contributed by atoms with E-state index in [9.17, 15) is 0 Å². The van der Waals surface area contributed by atoms with E-state index in [2.05, 4.69) is 84.7 Å². The summed E-state index contributed by atoms with van der Waals surface area (Å²) in [5, 5.41) is 0. The molecule has 146 valence electrons.